The van der Waals surface area contributed by atoms with Crippen molar-refractivity contribution in [1.29, 1.82) is 0 Å². The standard InChI is InChI=1S/C11H14BrN3S/c1-2-13-9(6-11-14-3-4-15-11)8-5-10(12)16-7-8/h3-5,7,9,13H,2,6H2,1H3,(H,14,15). The predicted octanol–water partition coefficient (Wildman–Crippen LogP) is 3.13. The maximum atomic E-state index is 4.27. The molecule has 0 amide bonds. The van der Waals surface area contributed by atoms with Gasteiger partial charge in [0.2, 0.25) is 0 Å². The Morgan fingerprint density at radius 3 is 3.06 bits per heavy atom. The minimum Gasteiger partial charge on any atom is -0.349 e. The van der Waals surface area contributed by atoms with E-state index in [9.17, 15) is 0 Å². The molecular weight excluding hydrogens is 286 g/mol. The lowest BCUT2D eigenvalue weighted by Crippen LogP contribution is -2.22. The van der Waals surface area contributed by atoms with Crippen LogP contribution in [0.15, 0.2) is 27.6 Å². The number of H-pyrrole nitrogens is 1. The number of likely N-dealkylation sites (N-methyl/N-ethyl adjacent to an activating group) is 1. The number of aromatic nitrogens is 2. The largest absolute Gasteiger partial charge is 0.349 e. The summed E-state index contributed by atoms with van der Waals surface area (Å²) < 4.78 is 1.17. The van der Waals surface area contributed by atoms with Gasteiger partial charge in [-0.3, -0.25) is 0 Å². The Labute approximate surface area is 107 Å². The lowest BCUT2D eigenvalue weighted by atomic mass is 10.1. The van der Waals surface area contributed by atoms with Crippen LogP contribution in [0.25, 0.3) is 0 Å². The van der Waals surface area contributed by atoms with Crippen molar-refractivity contribution >= 4 is 27.3 Å². The normalized spacial score (nSPS) is 12.9. The van der Waals surface area contributed by atoms with Gasteiger partial charge in [-0.25, -0.2) is 4.98 Å². The van der Waals surface area contributed by atoms with Gasteiger partial charge in [-0.1, -0.05) is 6.92 Å². The van der Waals surface area contributed by atoms with Gasteiger partial charge in [-0.05, 0) is 39.5 Å². The van der Waals surface area contributed by atoms with E-state index in [2.05, 4.69) is 49.6 Å². The zero-order valence-corrected chi connectivity index (χ0v) is 11.4. The number of imidazole rings is 1. The fourth-order valence-corrected chi connectivity index (χ4v) is 2.89. The summed E-state index contributed by atoms with van der Waals surface area (Å²) in [5.41, 5.74) is 1.31. The molecule has 1 atom stereocenters. The average molecular weight is 300 g/mol. The number of hydrogen-bond donors (Lipinski definition) is 2. The van der Waals surface area contributed by atoms with Crippen LogP contribution in [0.4, 0.5) is 0 Å². The molecule has 0 aromatic carbocycles. The van der Waals surface area contributed by atoms with Gasteiger partial charge < -0.3 is 10.3 Å². The summed E-state index contributed by atoms with van der Waals surface area (Å²) in [6.45, 7) is 3.08. The van der Waals surface area contributed by atoms with Crippen LogP contribution in [0.2, 0.25) is 0 Å². The fourth-order valence-electron chi connectivity index (χ4n) is 1.66. The zero-order chi connectivity index (χ0) is 11.4. The van der Waals surface area contributed by atoms with E-state index in [4.69, 9.17) is 0 Å². The molecule has 0 aliphatic heterocycles. The van der Waals surface area contributed by atoms with Gasteiger partial charge in [0.25, 0.3) is 0 Å². The molecule has 5 heteroatoms. The molecule has 0 aliphatic rings. The van der Waals surface area contributed by atoms with E-state index in [1.54, 1.807) is 17.5 Å². The first kappa shape index (κ1) is 11.8. The predicted molar refractivity (Wildman–Crippen MR) is 70.7 cm³/mol. The van der Waals surface area contributed by atoms with Crippen LogP contribution in [-0.4, -0.2) is 16.5 Å². The van der Waals surface area contributed by atoms with Crippen molar-refractivity contribution in [2.45, 2.75) is 19.4 Å². The van der Waals surface area contributed by atoms with Gasteiger partial charge in [0, 0.05) is 24.9 Å². The summed E-state index contributed by atoms with van der Waals surface area (Å²) in [6.07, 6.45) is 4.55. The quantitative estimate of drug-likeness (QED) is 0.890. The smallest absolute Gasteiger partial charge is 0.107 e. The fraction of sp³-hybridized carbons (Fsp3) is 0.364. The Hall–Kier alpha value is -0.650. The Morgan fingerprint density at radius 2 is 2.50 bits per heavy atom. The van der Waals surface area contributed by atoms with E-state index < -0.39 is 0 Å². The van der Waals surface area contributed by atoms with Crippen LogP contribution in [0.3, 0.4) is 0 Å². The van der Waals surface area contributed by atoms with E-state index >= 15 is 0 Å². The van der Waals surface area contributed by atoms with Crippen LogP contribution in [0, 0.1) is 0 Å². The number of hydrogen-bond acceptors (Lipinski definition) is 3. The lowest BCUT2D eigenvalue weighted by molar-refractivity contribution is 0.540. The highest BCUT2D eigenvalue weighted by Gasteiger charge is 2.13. The molecule has 0 saturated carbocycles. The molecule has 2 heterocycles. The molecule has 0 bridgehead atoms. The molecule has 2 rings (SSSR count). The molecule has 0 fully saturated rings. The van der Waals surface area contributed by atoms with E-state index in [1.807, 2.05) is 6.20 Å². The van der Waals surface area contributed by atoms with Crippen LogP contribution >= 0.6 is 27.3 Å². The second kappa shape index (κ2) is 5.61. The highest BCUT2D eigenvalue weighted by Crippen LogP contribution is 2.26. The highest BCUT2D eigenvalue weighted by atomic mass is 79.9. The van der Waals surface area contributed by atoms with Gasteiger partial charge in [0.05, 0.1) is 3.79 Å². The summed E-state index contributed by atoms with van der Waals surface area (Å²) in [4.78, 5) is 7.41. The summed E-state index contributed by atoms with van der Waals surface area (Å²) in [5, 5.41) is 5.66. The maximum absolute atomic E-state index is 4.27. The van der Waals surface area contributed by atoms with Crippen molar-refractivity contribution in [3.05, 3.63) is 39.0 Å². The molecule has 0 radical (unpaired) electrons. The first-order valence-electron chi connectivity index (χ1n) is 5.25. The summed E-state index contributed by atoms with van der Waals surface area (Å²) in [5.74, 6) is 1.02. The van der Waals surface area contributed by atoms with Gasteiger partial charge in [0.15, 0.2) is 0 Å². The van der Waals surface area contributed by atoms with Crippen molar-refractivity contribution in [2.24, 2.45) is 0 Å². The van der Waals surface area contributed by atoms with E-state index in [1.165, 1.54) is 9.35 Å². The molecule has 2 aromatic rings. The SMILES string of the molecule is CCNC(Cc1ncc[nH]1)c1csc(Br)c1. The molecule has 86 valence electrons. The minimum atomic E-state index is 0.332. The third-order valence-electron chi connectivity index (χ3n) is 2.39. The van der Waals surface area contributed by atoms with Gasteiger partial charge in [0.1, 0.15) is 5.82 Å². The number of aromatic amines is 1. The Morgan fingerprint density at radius 1 is 1.62 bits per heavy atom. The van der Waals surface area contributed by atoms with Crippen LogP contribution < -0.4 is 5.32 Å². The second-order valence-electron chi connectivity index (χ2n) is 3.53. The summed E-state index contributed by atoms with van der Waals surface area (Å²) >= 11 is 5.21. The molecule has 2 N–H and O–H groups in total. The third kappa shape index (κ3) is 2.93. The monoisotopic (exact) mass is 299 g/mol. The molecule has 2 aromatic heterocycles. The number of halogens is 1. The Kier molecular flexibility index (Phi) is 4.15. The molecule has 0 aliphatic carbocycles. The molecule has 0 saturated heterocycles. The van der Waals surface area contributed by atoms with Crippen molar-refractivity contribution in [3.63, 3.8) is 0 Å². The Bertz CT molecular complexity index is 424. The number of nitrogens with zero attached hydrogens (tertiary/aromatic N) is 1. The van der Waals surface area contributed by atoms with E-state index in [0.717, 1.165) is 18.8 Å². The van der Waals surface area contributed by atoms with Gasteiger partial charge >= 0.3 is 0 Å². The molecular formula is C11H14BrN3S. The van der Waals surface area contributed by atoms with Crippen LogP contribution in [0.1, 0.15) is 24.4 Å². The van der Waals surface area contributed by atoms with Crippen molar-refractivity contribution in [2.75, 3.05) is 6.54 Å². The third-order valence-corrected chi connectivity index (χ3v) is 3.92. The van der Waals surface area contributed by atoms with E-state index in [0.29, 0.717) is 6.04 Å². The minimum absolute atomic E-state index is 0.332. The first-order valence-corrected chi connectivity index (χ1v) is 6.92. The van der Waals surface area contributed by atoms with Crippen molar-refractivity contribution in [1.82, 2.24) is 15.3 Å². The van der Waals surface area contributed by atoms with Crippen molar-refractivity contribution < 1.29 is 0 Å². The molecule has 16 heavy (non-hydrogen) atoms. The summed E-state index contributed by atoms with van der Waals surface area (Å²) in [6, 6.07) is 2.50. The molecule has 1 unspecified atom stereocenters. The Balaban J connectivity index is 2.11. The van der Waals surface area contributed by atoms with Crippen molar-refractivity contribution in [3.8, 4) is 0 Å². The first-order chi connectivity index (χ1) is 7.79. The number of thiophene rings is 1. The average Bonchev–Trinajstić information content (AvgIpc) is 2.88. The van der Waals surface area contributed by atoms with Crippen LogP contribution in [-0.2, 0) is 6.42 Å². The summed E-state index contributed by atoms with van der Waals surface area (Å²) in [7, 11) is 0. The zero-order valence-electron chi connectivity index (χ0n) is 9.03. The van der Waals surface area contributed by atoms with Gasteiger partial charge in [-0.15, -0.1) is 11.3 Å². The molecule has 0 spiro atoms. The highest BCUT2D eigenvalue weighted by molar-refractivity contribution is 9.11. The maximum Gasteiger partial charge on any atom is 0.107 e. The van der Waals surface area contributed by atoms with E-state index in [-0.39, 0.29) is 0 Å². The second-order valence-corrected chi connectivity index (χ2v) is 5.82. The van der Waals surface area contributed by atoms with Crippen LogP contribution in [0.5, 0.6) is 0 Å². The topological polar surface area (TPSA) is 40.7 Å². The van der Waals surface area contributed by atoms with Gasteiger partial charge in [-0.2, -0.15) is 0 Å². The number of nitrogens with one attached hydrogen (secondary N) is 2. The molecule has 3 nitrogen and oxygen atoms in total. The lowest BCUT2D eigenvalue weighted by Gasteiger charge is -2.15. The number of rotatable bonds is 5.